The molecule has 1 aliphatic heterocycles. The first-order valence-electron chi connectivity index (χ1n) is 9.13. The number of fused-ring (bicyclic) bond motifs is 1. The van der Waals surface area contributed by atoms with Gasteiger partial charge in [0.05, 0.1) is 5.69 Å². The highest BCUT2D eigenvalue weighted by atomic mass is 16.2. The van der Waals surface area contributed by atoms with Gasteiger partial charge in [0.15, 0.2) is 5.69 Å². The zero-order valence-electron chi connectivity index (χ0n) is 14.4. The predicted molar refractivity (Wildman–Crippen MR) is 94.0 cm³/mol. The lowest BCUT2D eigenvalue weighted by atomic mass is 9.92. The minimum Gasteiger partial charge on any atom is -0.382 e. The molecule has 0 bridgehead atoms. The van der Waals surface area contributed by atoms with E-state index in [4.69, 9.17) is 5.73 Å². The fourth-order valence-corrected chi connectivity index (χ4v) is 4.03. The zero-order valence-corrected chi connectivity index (χ0v) is 14.4. The number of carbonyl (C=O) groups is 1. The Kier molecular flexibility index (Phi) is 4.38. The molecule has 3 N–H and O–H groups in total. The zero-order chi connectivity index (χ0) is 17.2. The van der Waals surface area contributed by atoms with Gasteiger partial charge in [0.2, 0.25) is 0 Å². The van der Waals surface area contributed by atoms with Crippen molar-refractivity contribution in [3.8, 4) is 0 Å². The molecule has 2 aromatic rings. The number of rotatable bonds is 3. The molecule has 7 nitrogen and oxygen atoms in total. The van der Waals surface area contributed by atoms with Crippen LogP contribution < -0.4 is 5.73 Å². The van der Waals surface area contributed by atoms with Gasteiger partial charge in [0.1, 0.15) is 5.82 Å². The van der Waals surface area contributed by atoms with Gasteiger partial charge in [-0.3, -0.25) is 14.9 Å². The number of aromatic amines is 1. The lowest BCUT2D eigenvalue weighted by Crippen LogP contribution is -2.41. The second kappa shape index (κ2) is 6.82. The maximum Gasteiger partial charge on any atom is 0.274 e. The molecule has 0 saturated carbocycles. The smallest absolute Gasteiger partial charge is 0.274 e. The molecule has 1 amide bonds. The summed E-state index contributed by atoms with van der Waals surface area (Å²) in [4.78, 5) is 23.4. The number of nitrogen functional groups attached to an aromatic ring is 1. The predicted octanol–water partition coefficient (Wildman–Crippen LogP) is 1.76. The Morgan fingerprint density at radius 3 is 2.96 bits per heavy atom. The van der Waals surface area contributed by atoms with Gasteiger partial charge in [0, 0.05) is 36.7 Å². The Bertz CT molecular complexity index is 771. The molecule has 1 atom stereocenters. The Hall–Kier alpha value is -2.44. The van der Waals surface area contributed by atoms with Gasteiger partial charge in [-0.2, -0.15) is 5.10 Å². The van der Waals surface area contributed by atoms with Gasteiger partial charge in [-0.05, 0) is 50.9 Å². The third-order valence-corrected chi connectivity index (χ3v) is 5.35. The monoisotopic (exact) mass is 340 g/mol. The number of aromatic nitrogens is 4. The topological polar surface area (TPSA) is 101 Å². The third kappa shape index (κ3) is 3.23. The lowest BCUT2D eigenvalue weighted by Gasteiger charge is -2.32. The molecule has 0 aromatic carbocycles. The van der Waals surface area contributed by atoms with Crippen molar-refractivity contribution in [2.24, 2.45) is 5.92 Å². The first-order chi connectivity index (χ1) is 12.2. The van der Waals surface area contributed by atoms with Gasteiger partial charge in [0.25, 0.3) is 5.91 Å². The molecular weight excluding hydrogens is 316 g/mol. The number of nitrogens with one attached hydrogen (secondary N) is 1. The van der Waals surface area contributed by atoms with Gasteiger partial charge in [-0.25, -0.2) is 4.98 Å². The van der Waals surface area contributed by atoms with E-state index in [9.17, 15) is 4.79 Å². The SMILES string of the molecule is Nc1nccnc1C[C@@H]1CCCN(C(=O)c2n[nH]c3c2CCCC3)C1. The third-order valence-electron chi connectivity index (χ3n) is 5.35. The number of H-pyrrole nitrogens is 1. The van der Waals surface area contributed by atoms with E-state index in [0.717, 1.165) is 68.6 Å². The molecule has 132 valence electrons. The summed E-state index contributed by atoms with van der Waals surface area (Å²) in [6.07, 6.45) is 10.4. The molecule has 0 unspecified atom stereocenters. The van der Waals surface area contributed by atoms with Crippen molar-refractivity contribution in [3.63, 3.8) is 0 Å². The van der Waals surface area contributed by atoms with Gasteiger partial charge in [-0.15, -0.1) is 0 Å². The van der Waals surface area contributed by atoms with E-state index in [1.807, 2.05) is 4.90 Å². The summed E-state index contributed by atoms with van der Waals surface area (Å²) < 4.78 is 0. The average molecular weight is 340 g/mol. The highest BCUT2D eigenvalue weighted by Crippen LogP contribution is 2.26. The Morgan fingerprint density at radius 2 is 2.08 bits per heavy atom. The van der Waals surface area contributed by atoms with Crippen molar-refractivity contribution in [3.05, 3.63) is 35.0 Å². The van der Waals surface area contributed by atoms with Crippen LogP contribution in [0.5, 0.6) is 0 Å². The maximum absolute atomic E-state index is 13.0. The molecule has 7 heteroatoms. The van der Waals surface area contributed by atoms with Crippen LogP contribution in [-0.2, 0) is 19.3 Å². The minimum absolute atomic E-state index is 0.0659. The number of aryl methyl sites for hydroxylation is 1. The normalized spacial score (nSPS) is 20.3. The maximum atomic E-state index is 13.0. The van der Waals surface area contributed by atoms with Crippen LogP contribution in [0.4, 0.5) is 5.82 Å². The quantitative estimate of drug-likeness (QED) is 0.886. The lowest BCUT2D eigenvalue weighted by molar-refractivity contribution is 0.0665. The number of piperidine rings is 1. The van der Waals surface area contributed by atoms with Gasteiger partial charge >= 0.3 is 0 Å². The van der Waals surface area contributed by atoms with Crippen molar-refractivity contribution >= 4 is 11.7 Å². The summed E-state index contributed by atoms with van der Waals surface area (Å²) in [5, 5.41) is 7.41. The van der Waals surface area contributed by atoms with Crippen molar-refractivity contribution in [2.75, 3.05) is 18.8 Å². The van der Waals surface area contributed by atoms with E-state index in [-0.39, 0.29) is 5.91 Å². The van der Waals surface area contributed by atoms with Gasteiger partial charge in [-0.1, -0.05) is 0 Å². The molecule has 2 aromatic heterocycles. The molecule has 1 saturated heterocycles. The molecule has 0 radical (unpaired) electrons. The molecule has 1 aliphatic carbocycles. The fraction of sp³-hybridized carbons (Fsp3) is 0.556. The summed E-state index contributed by atoms with van der Waals surface area (Å²) in [6.45, 7) is 1.53. The van der Waals surface area contributed by atoms with Crippen LogP contribution in [0, 0.1) is 5.92 Å². The van der Waals surface area contributed by atoms with Gasteiger partial charge < -0.3 is 10.6 Å². The molecule has 3 heterocycles. The summed E-state index contributed by atoms with van der Waals surface area (Å²) in [7, 11) is 0. The molecular formula is C18H24N6O. The van der Waals surface area contributed by atoms with Crippen LogP contribution in [0.25, 0.3) is 0 Å². The second-order valence-corrected chi connectivity index (χ2v) is 7.09. The minimum atomic E-state index is 0.0659. The molecule has 25 heavy (non-hydrogen) atoms. The number of likely N-dealkylation sites (tertiary alicyclic amines) is 1. The van der Waals surface area contributed by atoms with E-state index in [2.05, 4.69) is 20.2 Å². The van der Waals surface area contributed by atoms with Crippen LogP contribution in [0.2, 0.25) is 0 Å². The van der Waals surface area contributed by atoms with Crippen molar-refractivity contribution < 1.29 is 4.79 Å². The Labute approximate surface area is 147 Å². The summed E-state index contributed by atoms with van der Waals surface area (Å²) in [5.41, 5.74) is 9.67. The van der Waals surface area contributed by atoms with Crippen LogP contribution in [0.1, 0.15) is 53.1 Å². The summed E-state index contributed by atoms with van der Waals surface area (Å²) in [5.74, 6) is 0.926. The standard InChI is InChI=1S/C18H24N6O/c19-17-15(20-7-8-21-17)10-12-4-3-9-24(11-12)18(25)16-13-5-1-2-6-14(13)22-23-16/h7-8,12H,1-6,9-11H2,(H2,19,21)(H,22,23)/t12-/m0/s1. The number of amides is 1. The summed E-state index contributed by atoms with van der Waals surface area (Å²) in [6, 6.07) is 0. The Morgan fingerprint density at radius 1 is 1.24 bits per heavy atom. The van der Waals surface area contributed by atoms with E-state index in [1.165, 1.54) is 6.42 Å². The van der Waals surface area contributed by atoms with Crippen LogP contribution in [0.15, 0.2) is 12.4 Å². The number of nitrogens with two attached hydrogens (primary N) is 1. The highest BCUT2D eigenvalue weighted by molar-refractivity contribution is 5.94. The molecule has 2 aliphatic rings. The van der Waals surface area contributed by atoms with E-state index >= 15 is 0 Å². The largest absolute Gasteiger partial charge is 0.382 e. The number of anilines is 1. The fourth-order valence-electron chi connectivity index (χ4n) is 4.03. The molecule has 1 fully saturated rings. The van der Waals surface area contributed by atoms with E-state index in [0.29, 0.717) is 17.4 Å². The molecule has 4 rings (SSSR count). The van der Waals surface area contributed by atoms with Crippen molar-refractivity contribution in [1.29, 1.82) is 0 Å². The van der Waals surface area contributed by atoms with Crippen LogP contribution >= 0.6 is 0 Å². The van der Waals surface area contributed by atoms with Crippen LogP contribution in [0.3, 0.4) is 0 Å². The second-order valence-electron chi connectivity index (χ2n) is 7.09. The number of hydrogen-bond acceptors (Lipinski definition) is 5. The van der Waals surface area contributed by atoms with Crippen molar-refractivity contribution in [1.82, 2.24) is 25.1 Å². The Balaban J connectivity index is 1.47. The van der Waals surface area contributed by atoms with Crippen molar-refractivity contribution in [2.45, 2.75) is 44.9 Å². The highest BCUT2D eigenvalue weighted by Gasteiger charge is 2.29. The van der Waals surface area contributed by atoms with Crippen LogP contribution in [-0.4, -0.2) is 44.1 Å². The first kappa shape index (κ1) is 16.1. The first-order valence-corrected chi connectivity index (χ1v) is 9.13. The number of nitrogens with zero attached hydrogens (tertiary/aromatic N) is 4. The number of carbonyl (C=O) groups excluding carboxylic acids is 1. The summed E-state index contributed by atoms with van der Waals surface area (Å²) >= 11 is 0. The molecule has 0 spiro atoms. The van der Waals surface area contributed by atoms with E-state index < -0.39 is 0 Å². The van der Waals surface area contributed by atoms with E-state index in [1.54, 1.807) is 12.4 Å². The number of hydrogen-bond donors (Lipinski definition) is 2. The average Bonchev–Trinajstić information content (AvgIpc) is 3.07.